The van der Waals surface area contributed by atoms with Gasteiger partial charge in [0.2, 0.25) is 5.91 Å². The van der Waals surface area contributed by atoms with Crippen LogP contribution < -0.4 is 10.9 Å². The zero-order chi connectivity index (χ0) is 19.8. The number of nitrogens with zero attached hydrogens (tertiary/aromatic N) is 3. The van der Waals surface area contributed by atoms with E-state index in [1.54, 1.807) is 29.1 Å². The fourth-order valence-electron chi connectivity index (χ4n) is 3.61. The molecule has 3 aromatic heterocycles. The van der Waals surface area contributed by atoms with Crippen molar-refractivity contribution >= 4 is 33.1 Å². The highest BCUT2D eigenvalue weighted by Gasteiger charge is 2.21. The molecule has 1 saturated heterocycles. The Balaban J connectivity index is 1.77. The van der Waals surface area contributed by atoms with Crippen molar-refractivity contribution in [3.05, 3.63) is 45.8 Å². The van der Waals surface area contributed by atoms with Crippen LogP contribution in [0.15, 0.2) is 35.4 Å². The van der Waals surface area contributed by atoms with Gasteiger partial charge in [-0.05, 0) is 30.2 Å². The van der Waals surface area contributed by atoms with Crippen LogP contribution in [0, 0.1) is 0 Å². The van der Waals surface area contributed by atoms with Crippen molar-refractivity contribution in [2.24, 2.45) is 7.05 Å². The second-order valence-electron chi connectivity index (χ2n) is 7.20. The van der Waals surface area contributed by atoms with Gasteiger partial charge in [-0.15, -0.1) is 11.3 Å². The Bertz CT molecular complexity index is 1100. The molecule has 0 saturated carbocycles. The summed E-state index contributed by atoms with van der Waals surface area (Å²) in [6.45, 7) is 3.71. The molecule has 0 spiro atoms. The molecule has 8 heteroatoms. The van der Waals surface area contributed by atoms with Gasteiger partial charge in [-0.3, -0.25) is 14.5 Å². The molecule has 7 nitrogen and oxygen atoms in total. The summed E-state index contributed by atoms with van der Waals surface area (Å²) in [6, 6.07) is 5.66. The average Bonchev–Trinajstić information content (AvgIpc) is 3.24. The van der Waals surface area contributed by atoms with Gasteiger partial charge in [0.15, 0.2) is 0 Å². The first-order valence-electron chi connectivity index (χ1n) is 9.17. The van der Waals surface area contributed by atoms with Crippen LogP contribution in [0.5, 0.6) is 0 Å². The normalized spacial score (nSPS) is 17.3. The van der Waals surface area contributed by atoms with E-state index in [0.29, 0.717) is 17.7 Å². The van der Waals surface area contributed by atoms with E-state index in [-0.39, 0.29) is 17.6 Å². The summed E-state index contributed by atoms with van der Waals surface area (Å²) in [6.07, 6.45) is 4.01. The molecule has 4 rings (SSSR count). The molecule has 28 heavy (non-hydrogen) atoms. The number of carbonyl (C=O) groups excluding carboxylic acids is 1. The number of aryl methyl sites for hydroxylation is 1. The van der Waals surface area contributed by atoms with E-state index < -0.39 is 0 Å². The Hall–Kier alpha value is -2.55. The third-order valence-electron chi connectivity index (χ3n) is 4.90. The first-order valence-corrected chi connectivity index (χ1v) is 9.99. The minimum absolute atomic E-state index is 0.0288. The number of hydrogen-bond donors (Lipinski definition) is 2. The van der Waals surface area contributed by atoms with Gasteiger partial charge in [-0.25, -0.2) is 4.98 Å². The maximum Gasteiger partial charge on any atom is 0.259 e. The van der Waals surface area contributed by atoms with Crippen LogP contribution >= 0.6 is 11.3 Å². The molecule has 1 amide bonds. The third-order valence-corrected chi connectivity index (χ3v) is 6.06. The van der Waals surface area contributed by atoms with Gasteiger partial charge < -0.3 is 15.0 Å². The minimum atomic E-state index is -0.262. The summed E-state index contributed by atoms with van der Waals surface area (Å²) >= 11 is 1.61. The van der Waals surface area contributed by atoms with E-state index in [0.717, 1.165) is 40.2 Å². The highest BCUT2D eigenvalue weighted by Crippen LogP contribution is 2.34. The molecule has 1 aliphatic rings. The summed E-state index contributed by atoms with van der Waals surface area (Å²) in [7, 11) is 1.75. The SMILES string of the molecule is CC(=O)Nc1cc(-c2cn(C)c(=O)c3cc(CN4CC[C@H](O)C4)sc23)ccn1. The highest BCUT2D eigenvalue weighted by molar-refractivity contribution is 7.19. The highest BCUT2D eigenvalue weighted by atomic mass is 32.1. The smallest absolute Gasteiger partial charge is 0.259 e. The van der Waals surface area contributed by atoms with Crippen molar-refractivity contribution in [3.63, 3.8) is 0 Å². The number of amides is 1. The quantitative estimate of drug-likeness (QED) is 0.703. The summed E-state index contributed by atoms with van der Waals surface area (Å²) in [5.74, 6) is 0.302. The van der Waals surface area contributed by atoms with Crippen molar-refractivity contribution in [2.45, 2.75) is 26.0 Å². The van der Waals surface area contributed by atoms with Gasteiger partial charge in [0, 0.05) is 61.1 Å². The lowest BCUT2D eigenvalue weighted by Gasteiger charge is -2.12. The van der Waals surface area contributed by atoms with E-state index in [1.807, 2.05) is 24.4 Å². The molecule has 0 unspecified atom stereocenters. The Labute approximate surface area is 166 Å². The van der Waals surface area contributed by atoms with E-state index in [1.165, 1.54) is 6.92 Å². The fraction of sp³-hybridized carbons (Fsp3) is 0.350. The number of rotatable bonds is 4. The number of aliphatic hydroxyl groups is 1. The molecule has 146 valence electrons. The van der Waals surface area contributed by atoms with E-state index in [2.05, 4.69) is 15.2 Å². The molecular formula is C20H22N4O3S. The lowest BCUT2D eigenvalue weighted by atomic mass is 10.1. The number of aliphatic hydroxyl groups excluding tert-OH is 1. The first kappa shape index (κ1) is 18.8. The Kier molecular flexibility index (Phi) is 5.01. The van der Waals surface area contributed by atoms with Gasteiger partial charge in [-0.2, -0.15) is 0 Å². The largest absolute Gasteiger partial charge is 0.392 e. The van der Waals surface area contributed by atoms with Gasteiger partial charge in [0.1, 0.15) is 5.82 Å². The van der Waals surface area contributed by atoms with Gasteiger partial charge in [-0.1, -0.05) is 0 Å². The average molecular weight is 398 g/mol. The molecule has 1 fully saturated rings. The van der Waals surface area contributed by atoms with Crippen LogP contribution in [0.3, 0.4) is 0 Å². The standard InChI is InChI=1S/C20H22N4O3S/c1-12(25)22-18-7-13(3-5-21-18)17-11-23(2)20(27)16-8-15(28-19(16)17)10-24-6-4-14(26)9-24/h3,5,7-8,11,14,26H,4,6,9-10H2,1-2H3,(H,21,22,25)/t14-/m0/s1. The second-order valence-corrected chi connectivity index (χ2v) is 8.34. The van der Waals surface area contributed by atoms with Crippen LogP contribution in [0.25, 0.3) is 21.2 Å². The molecule has 0 aliphatic carbocycles. The fourth-order valence-corrected chi connectivity index (χ4v) is 4.83. The number of likely N-dealkylation sites (tertiary alicyclic amines) is 1. The Morgan fingerprint density at radius 2 is 2.25 bits per heavy atom. The number of anilines is 1. The molecule has 4 heterocycles. The van der Waals surface area contributed by atoms with Crippen LogP contribution in [0.2, 0.25) is 0 Å². The number of thiophene rings is 1. The summed E-state index contributed by atoms with van der Waals surface area (Å²) < 4.78 is 2.52. The molecule has 0 radical (unpaired) electrons. The topological polar surface area (TPSA) is 87.5 Å². The van der Waals surface area contributed by atoms with Gasteiger partial charge in [0.05, 0.1) is 11.5 Å². The number of carbonyl (C=O) groups is 1. The van der Waals surface area contributed by atoms with Crippen molar-refractivity contribution in [3.8, 4) is 11.1 Å². The number of β-amino-alcohol motifs (C(OH)–C–C–N with tert-alkyl or cyclic N) is 1. The van der Waals surface area contributed by atoms with E-state index in [9.17, 15) is 14.7 Å². The third kappa shape index (κ3) is 3.71. The van der Waals surface area contributed by atoms with Crippen molar-refractivity contribution in [1.82, 2.24) is 14.5 Å². The van der Waals surface area contributed by atoms with Gasteiger partial charge >= 0.3 is 0 Å². The Morgan fingerprint density at radius 1 is 1.43 bits per heavy atom. The van der Waals surface area contributed by atoms with Crippen LogP contribution in [0.1, 0.15) is 18.2 Å². The van der Waals surface area contributed by atoms with Crippen molar-refractivity contribution < 1.29 is 9.90 Å². The lowest BCUT2D eigenvalue weighted by Crippen LogP contribution is -2.20. The molecule has 0 aromatic carbocycles. The minimum Gasteiger partial charge on any atom is -0.392 e. The molecular weight excluding hydrogens is 376 g/mol. The number of fused-ring (bicyclic) bond motifs is 1. The zero-order valence-corrected chi connectivity index (χ0v) is 16.6. The maximum absolute atomic E-state index is 12.7. The number of hydrogen-bond acceptors (Lipinski definition) is 6. The Morgan fingerprint density at radius 3 is 2.96 bits per heavy atom. The summed E-state index contributed by atoms with van der Waals surface area (Å²) in [5.41, 5.74) is 1.80. The number of pyridine rings is 2. The maximum atomic E-state index is 12.7. The summed E-state index contributed by atoms with van der Waals surface area (Å²) in [4.78, 5) is 31.5. The molecule has 0 bridgehead atoms. The molecule has 1 atom stereocenters. The van der Waals surface area contributed by atoms with Gasteiger partial charge in [0.25, 0.3) is 5.56 Å². The number of nitrogens with one attached hydrogen (secondary N) is 1. The van der Waals surface area contributed by atoms with E-state index in [4.69, 9.17) is 0 Å². The number of aromatic nitrogens is 2. The molecule has 2 N–H and O–H groups in total. The lowest BCUT2D eigenvalue weighted by molar-refractivity contribution is -0.114. The molecule has 3 aromatic rings. The monoisotopic (exact) mass is 398 g/mol. The predicted octanol–water partition coefficient (Wildman–Crippen LogP) is 2.19. The van der Waals surface area contributed by atoms with Crippen LogP contribution in [-0.4, -0.2) is 44.7 Å². The van der Waals surface area contributed by atoms with E-state index >= 15 is 0 Å². The van der Waals surface area contributed by atoms with Crippen molar-refractivity contribution in [1.29, 1.82) is 0 Å². The van der Waals surface area contributed by atoms with Crippen LogP contribution in [0.4, 0.5) is 5.82 Å². The first-order chi connectivity index (χ1) is 13.4. The predicted molar refractivity (Wildman–Crippen MR) is 111 cm³/mol. The van der Waals surface area contributed by atoms with Crippen LogP contribution in [-0.2, 0) is 18.4 Å². The summed E-state index contributed by atoms with van der Waals surface area (Å²) in [5, 5.41) is 13.1. The zero-order valence-electron chi connectivity index (χ0n) is 15.8. The second kappa shape index (κ2) is 7.46. The molecule has 1 aliphatic heterocycles. The van der Waals surface area contributed by atoms with Crippen molar-refractivity contribution in [2.75, 3.05) is 18.4 Å².